The summed E-state index contributed by atoms with van der Waals surface area (Å²) in [5.41, 5.74) is -17.3. The zero-order chi connectivity index (χ0) is 56.3. The third-order valence-corrected chi connectivity index (χ3v) is 13.4. The number of hydrogen-bond acceptors (Lipinski definition) is 29. The molecule has 0 radical (unpaired) electrons. The topological polar surface area (TPSA) is 499 Å². The van der Waals surface area contributed by atoms with Gasteiger partial charge in [0.2, 0.25) is 28.7 Å². The molecular formula is C49H30O29. The van der Waals surface area contributed by atoms with Crippen LogP contribution in [0.3, 0.4) is 0 Å². The number of benzene rings is 6. The molecule has 5 unspecified atom stereocenters. The number of phenolic OH excluding ortho intramolecular Hbond substituents is 15. The highest BCUT2D eigenvalue weighted by atomic mass is 16.7. The lowest BCUT2D eigenvalue weighted by Gasteiger charge is -2.43. The molecule has 11 rings (SSSR count). The van der Waals surface area contributed by atoms with E-state index in [1.165, 1.54) is 0 Å². The molecule has 400 valence electrons. The Morgan fingerprint density at radius 3 is 1.17 bits per heavy atom. The van der Waals surface area contributed by atoms with Crippen LogP contribution < -0.4 is 11.3 Å². The number of rotatable bonds is 0. The molecule has 6 bridgehead atoms. The molecule has 29 nitrogen and oxygen atoms in total. The first-order chi connectivity index (χ1) is 36.8. The number of esters is 4. The van der Waals surface area contributed by atoms with E-state index in [1.807, 2.05) is 0 Å². The Kier molecular flexibility index (Phi) is 10.4. The number of cyclic esters (lactones) is 1. The number of phenols is 15. The van der Waals surface area contributed by atoms with Gasteiger partial charge in [-0.25, -0.2) is 28.8 Å². The van der Waals surface area contributed by atoms with Gasteiger partial charge < -0.3 is 114 Å². The van der Waals surface area contributed by atoms with Gasteiger partial charge in [0.15, 0.2) is 93.3 Å². The van der Waals surface area contributed by atoms with E-state index in [1.54, 1.807) is 0 Å². The summed E-state index contributed by atoms with van der Waals surface area (Å²) >= 11 is 0. The molecule has 1 saturated heterocycles. The summed E-state index contributed by atoms with van der Waals surface area (Å²) in [5, 5.41) is 175. The van der Waals surface area contributed by atoms with Crippen LogP contribution in [0.5, 0.6) is 86.2 Å². The number of aryl methyl sites for hydroxylation is 1. The van der Waals surface area contributed by atoms with Crippen LogP contribution in [-0.2, 0) is 23.7 Å². The van der Waals surface area contributed by atoms with E-state index in [2.05, 4.69) is 0 Å². The predicted octanol–water partition coefficient (Wildman–Crippen LogP) is 2.56. The van der Waals surface area contributed by atoms with Crippen molar-refractivity contribution < 1.29 is 133 Å². The van der Waals surface area contributed by atoms with Crippen LogP contribution in [0, 0.1) is 6.92 Å². The molecule has 29 heteroatoms. The molecule has 0 amide bonds. The molecule has 0 spiro atoms. The second-order valence-corrected chi connectivity index (χ2v) is 17.7. The van der Waals surface area contributed by atoms with Gasteiger partial charge in [-0.1, -0.05) is 0 Å². The van der Waals surface area contributed by atoms with Crippen LogP contribution in [0.25, 0.3) is 66.1 Å². The van der Waals surface area contributed by atoms with Gasteiger partial charge >= 0.3 is 35.1 Å². The number of aromatic hydroxyl groups is 15. The number of carbonyl (C=O) groups excluding carboxylic acids is 4. The van der Waals surface area contributed by atoms with E-state index in [-0.39, 0.29) is 5.56 Å². The first-order valence-corrected chi connectivity index (χ1v) is 22.0. The average molecular weight is 1080 g/mol. The molecule has 3 aliphatic rings. The van der Waals surface area contributed by atoms with Gasteiger partial charge in [0.05, 0.1) is 33.0 Å². The monoisotopic (exact) mass is 1080 g/mol. The van der Waals surface area contributed by atoms with E-state index in [0.29, 0.717) is 18.2 Å². The third-order valence-electron chi connectivity index (χ3n) is 13.4. The Labute approximate surface area is 426 Å². The van der Waals surface area contributed by atoms with E-state index in [0.717, 1.165) is 13.0 Å². The quantitative estimate of drug-likeness (QED) is 0.0341. The van der Waals surface area contributed by atoms with Crippen LogP contribution in [0.2, 0.25) is 0 Å². The van der Waals surface area contributed by atoms with Crippen LogP contribution in [0.1, 0.15) is 47.0 Å². The molecule has 6 aromatic carbocycles. The maximum Gasteiger partial charge on any atom is 0.345 e. The Bertz CT molecular complexity index is 4240. The number of fused-ring (bicyclic) bond motifs is 10. The second kappa shape index (κ2) is 16.5. The van der Waals surface area contributed by atoms with Crippen molar-refractivity contribution in [2.45, 2.75) is 37.6 Å². The Morgan fingerprint density at radius 2 is 0.731 bits per heavy atom. The number of aliphatic hydroxyl groups is 1. The Balaban J connectivity index is 1.22. The molecule has 2 aromatic heterocycles. The molecule has 0 aliphatic carbocycles. The summed E-state index contributed by atoms with van der Waals surface area (Å²) in [6.07, 6.45) is -12.6. The summed E-state index contributed by atoms with van der Waals surface area (Å²) in [6.45, 7) is -0.268. The van der Waals surface area contributed by atoms with E-state index >= 15 is 4.79 Å². The number of aliphatic hydroxyl groups excluding tert-OH is 1. The van der Waals surface area contributed by atoms with Crippen LogP contribution >= 0.6 is 0 Å². The van der Waals surface area contributed by atoms with E-state index in [4.69, 9.17) is 32.5 Å². The number of carbonyl (C=O) groups is 4. The van der Waals surface area contributed by atoms with Gasteiger partial charge in [0.1, 0.15) is 12.7 Å². The van der Waals surface area contributed by atoms with Gasteiger partial charge in [-0.15, -0.1) is 0 Å². The summed E-state index contributed by atoms with van der Waals surface area (Å²) in [4.78, 5) is 86.8. The maximum absolute atomic E-state index is 15.0. The average Bonchev–Trinajstić information content (AvgIpc) is 3.30. The molecular weight excluding hydrogens is 1050 g/mol. The lowest BCUT2D eigenvalue weighted by molar-refractivity contribution is -0.284. The van der Waals surface area contributed by atoms with Crippen molar-refractivity contribution in [3.63, 3.8) is 0 Å². The van der Waals surface area contributed by atoms with Gasteiger partial charge in [-0.05, 0) is 36.8 Å². The van der Waals surface area contributed by atoms with Gasteiger partial charge in [0, 0.05) is 44.2 Å². The van der Waals surface area contributed by atoms with Crippen molar-refractivity contribution >= 4 is 56.6 Å². The molecule has 5 atom stereocenters. The first kappa shape index (κ1) is 49.3. The van der Waals surface area contributed by atoms with Crippen molar-refractivity contribution in [1.82, 2.24) is 0 Å². The van der Waals surface area contributed by atoms with Gasteiger partial charge in [-0.2, -0.15) is 0 Å². The second-order valence-electron chi connectivity index (χ2n) is 17.7. The fourth-order valence-corrected chi connectivity index (χ4v) is 9.87. The van der Waals surface area contributed by atoms with Crippen molar-refractivity contribution in [3.05, 3.63) is 72.9 Å². The van der Waals surface area contributed by atoms with Crippen molar-refractivity contribution in [1.29, 1.82) is 0 Å². The first-order valence-electron chi connectivity index (χ1n) is 22.0. The number of ether oxygens (including phenoxy) is 5. The highest BCUT2D eigenvalue weighted by Crippen LogP contribution is 2.59. The fraction of sp³-hybridized carbons (Fsp3) is 0.143. The Morgan fingerprint density at radius 1 is 0.385 bits per heavy atom. The van der Waals surface area contributed by atoms with Gasteiger partial charge in [-0.3, -0.25) is 0 Å². The molecule has 78 heavy (non-hydrogen) atoms. The molecule has 5 heterocycles. The minimum Gasteiger partial charge on any atom is -0.504 e. The largest absolute Gasteiger partial charge is 0.504 e. The van der Waals surface area contributed by atoms with Gasteiger partial charge in [0.25, 0.3) is 0 Å². The minimum atomic E-state index is -2.64. The summed E-state index contributed by atoms with van der Waals surface area (Å²) in [7, 11) is 0. The highest BCUT2D eigenvalue weighted by Gasteiger charge is 2.54. The molecule has 3 aliphatic heterocycles. The van der Waals surface area contributed by atoms with Crippen molar-refractivity contribution in [3.8, 4) is 120 Å². The molecule has 0 saturated carbocycles. The summed E-state index contributed by atoms with van der Waals surface area (Å²) in [6, 6.07) is 1.96. The SMILES string of the molecule is Cc1cc2c(c(O)c1O)-c1c(cc(O)c(O)c1O)C(=O)OC1C(OC2=O)C(O)OC2COC(=O)c3cc(O)c(O)c(O)c3-c3c(O)c(O)c4oc(=O)c5c(c(O)c(O)c6oc(=O)c3c4c65)-c3c(cc(O)c(O)c3O)C(=O)OC21. The van der Waals surface area contributed by atoms with Crippen LogP contribution in [0.15, 0.2) is 42.7 Å². The lowest BCUT2D eigenvalue weighted by Crippen LogP contribution is -2.62. The molecule has 1 fully saturated rings. The molecule has 16 N–H and O–H groups in total. The van der Waals surface area contributed by atoms with Crippen molar-refractivity contribution in [2.24, 2.45) is 0 Å². The highest BCUT2D eigenvalue weighted by molar-refractivity contribution is 6.29. The van der Waals surface area contributed by atoms with Crippen molar-refractivity contribution in [2.75, 3.05) is 6.61 Å². The summed E-state index contributed by atoms with van der Waals surface area (Å²) < 4.78 is 38.8. The van der Waals surface area contributed by atoms with Crippen LogP contribution in [0.4, 0.5) is 0 Å². The zero-order valence-corrected chi connectivity index (χ0v) is 38.4. The lowest BCUT2D eigenvalue weighted by atomic mass is 9.87. The minimum absolute atomic E-state index is 0.275. The maximum atomic E-state index is 15.0. The van der Waals surface area contributed by atoms with E-state index < -0.39 is 247 Å². The smallest absolute Gasteiger partial charge is 0.345 e. The standard InChI is InChI=1S/C49H30O29/c1-7-2-8-16(30(57)26(7)53)17-10(4-13(51)27(54)31(17)58)46(68)77-41-38-15(73-49(71)42(41)78-44(8)66)6-72-43(65)9-3-12(50)28(55)32(59)18(9)20-24-22-23-25(48(70)76-39(22)36(63)34(20)61)21(35(62)37(64)40(23)75-47(24)69)19-11(45(67)74-38)5-14(52)29(56)33(19)60/h2-5,15,38,41-42,49-64,71H,6H2,1H3. The third kappa shape index (κ3) is 6.54. The normalized spacial score (nSPS) is 19.3. The van der Waals surface area contributed by atoms with Crippen LogP contribution in [-0.4, -0.2) is 143 Å². The Hall–Kier alpha value is -10.9. The number of hydrogen-bond donors (Lipinski definition) is 16. The van der Waals surface area contributed by atoms with E-state index in [9.17, 15) is 106 Å². The predicted molar refractivity (Wildman–Crippen MR) is 248 cm³/mol. The fourth-order valence-electron chi connectivity index (χ4n) is 9.87. The zero-order valence-electron chi connectivity index (χ0n) is 38.4. The molecule has 8 aromatic rings. The summed E-state index contributed by atoms with van der Waals surface area (Å²) in [5.74, 6) is -28.5.